The topological polar surface area (TPSA) is 115 Å². The van der Waals surface area contributed by atoms with Crippen molar-refractivity contribution in [1.82, 2.24) is 20.5 Å². The van der Waals surface area contributed by atoms with E-state index in [4.69, 9.17) is 0 Å². The van der Waals surface area contributed by atoms with Crippen LogP contribution < -0.4 is 15.5 Å². The summed E-state index contributed by atoms with van der Waals surface area (Å²) >= 11 is 1.53. The van der Waals surface area contributed by atoms with Crippen molar-refractivity contribution in [2.45, 2.75) is 23.2 Å². The zero-order valence-electron chi connectivity index (χ0n) is 13.7. The largest absolute Gasteiger partial charge is 0.389 e. The van der Waals surface area contributed by atoms with Gasteiger partial charge in [0, 0.05) is 30.6 Å². The number of urea groups is 2. The molecule has 0 aromatic carbocycles. The molecule has 0 saturated carbocycles. The van der Waals surface area contributed by atoms with Crippen LogP contribution in [-0.2, 0) is 4.79 Å². The third-order valence-corrected chi connectivity index (χ3v) is 5.79. The van der Waals surface area contributed by atoms with Crippen LogP contribution in [0, 0.1) is 0 Å². The zero-order valence-corrected chi connectivity index (χ0v) is 14.5. The van der Waals surface area contributed by atoms with Crippen molar-refractivity contribution >= 4 is 35.4 Å². The molecular weight excluding hydrogens is 358 g/mol. The van der Waals surface area contributed by atoms with Crippen LogP contribution >= 0.6 is 11.8 Å². The highest BCUT2D eigenvalue weighted by molar-refractivity contribution is 7.99. The molecule has 9 nitrogen and oxygen atoms in total. The molecule has 10 heteroatoms. The molecule has 1 unspecified atom stereocenters. The smallest absolute Gasteiger partial charge is 0.330 e. The molecule has 136 valence electrons. The fourth-order valence-electron chi connectivity index (χ4n) is 3.43. The molecule has 3 atom stereocenters. The van der Waals surface area contributed by atoms with Crippen LogP contribution in [0.1, 0.15) is 11.6 Å². The van der Waals surface area contributed by atoms with Crippen molar-refractivity contribution < 1.29 is 19.5 Å². The van der Waals surface area contributed by atoms with E-state index in [2.05, 4.69) is 22.2 Å². The number of aliphatic hydroxyl groups excluding tert-OH is 1. The first-order chi connectivity index (χ1) is 12.5. The maximum atomic E-state index is 12.7. The number of carbonyl (C=O) groups excluding carboxylic acids is 3. The molecule has 0 bridgehead atoms. The van der Waals surface area contributed by atoms with E-state index >= 15 is 0 Å². The second-order valence-corrected chi connectivity index (χ2v) is 7.28. The number of rotatable bonds is 2. The van der Waals surface area contributed by atoms with Gasteiger partial charge in [-0.2, -0.15) is 0 Å². The van der Waals surface area contributed by atoms with Crippen LogP contribution in [0.4, 0.5) is 15.3 Å². The molecule has 1 aromatic heterocycles. The van der Waals surface area contributed by atoms with E-state index in [-0.39, 0.29) is 25.0 Å². The van der Waals surface area contributed by atoms with Gasteiger partial charge >= 0.3 is 12.1 Å². The van der Waals surface area contributed by atoms with E-state index in [0.717, 1.165) is 21.6 Å². The Balaban J connectivity index is 1.55. The Labute approximate surface area is 153 Å². The molecule has 0 spiro atoms. The number of hydrogen-bond acceptors (Lipinski definition) is 6. The van der Waals surface area contributed by atoms with Gasteiger partial charge in [0.2, 0.25) is 5.91 Å². The maximum Gasteiger partial charge on any atom is 0.330 e. The standard InChI is InChI=1S/C16H17N5O4S/c1-2-12(23)20-5-8(11(22)6-20)18-15(24)21-10-3-4-17-14-13(10)9(7-26-14)19-16(21)25/h2-4,8-9,11,22H,1,5-7H2,(H,18,24)(H,19,25)/t8-,9?,11-/m0/s1. The summed E-state index contributed by atoms with van der Waals surface area (Å²) in [5.74, 6) is 0.365. The molecule has 0 aliphatic carbocycles. The molecule has 4 heterocycles. The fraction of sp³-hybridized carbons (Fsp3) is 0.375. The number of hydrogen-bond donors (Lipinski definition) is 3. The number of carbonyl (C=O) groups is 3. The molecule has 1 fully saturated rings. The van der Waals surface area contributed by atoms with Crippen molar-refractivity contribution in [2.24, 2.45) is 0 Å². The summed E-state index contributed by atoms with van der Waals surface area (Å²) < 4.78 is 0. The number of aliphatic hydroxyl groups is 1. The summed E-state index contributed by atoms with van der Waals surface area (Å²) in [6.45, 7) is 3.67. The first kappa shape index (κ1) is 16.9. The summed E-state index contributed by atoms with van der Waals surface area (Å²) in [7, 11) is 0. The monoisotopic (exact) mass is 375 g/mol. The first-order valence-electron chi connectivity index (χ1n) is 8.12. The molecular formula is C16H17N5O4S. The fourth-order valence-corrected chi connectivity index (χ4v) is 4.54. The lowest BCUT2D eigenvalue weighted by Crippen LogP contribution is -2.56. The van der Waals surface area contributed by atoms with E-state index in [9.17, 15) is 19.5 Å². The normalized spacial score (nSPS) is 26.3. The summed E-state index contributed by atoms with van der Waals surface area (Å²) in [5, 5.41) is 16.4. The van der Waals surface area contributed by atoms with Gasteiger partial charge in [-0.3, -0.25) is 4.79 Å². The van der Waals surface area contributed by atoms with Crippen molar-refractivity contribution in [3.63, 3.8) is 0 Å². The summed E-state index contributed by atoms with van der Waals surface area (Å²) in [6, 6.07) is -0.363. The van der Waals surface area contributed by atoms with E-state index in [1.165, 1.54) is 16.7 Å². The summed E-state index contributed by atoms with van der Waals surface area (Å²) in [5.41, 5.74) is 1.33. The van der Waals surface area contributed by atoms with Gasteiger partial charge in [0.05, 0.1) is 23.9 Å². The molecule has 5 amide bonds. The van der Waals surface area contributed by atoms with E-state index in [0.29, 0.717) is 11.4 Å². The van der Waals surface area contributed by atoms with Gasteiger partial charge < -0.3 is 20.6 Å². The molecule has 1 aromatic rings. The number of nitrogens with zero attached hydrogens (tertiary/aromatic N) is 3. The lowest BCUT2D eigenvalue weighted by molar-refractivity contribution is -0.125. The van der Waals surface area contributed by atoms with Crippen LogP contribution in [0.5, 0.6) is 0 Å². The molecule has 1 saturated heterocycles. The van der Waals surface area contributed by atoms with E-state index in [1.54, 1.807) is 12.3 Å². The lowest BCUT2D eigenvalue weighted by atomic mass is 10.1. The second kappa shape index (κ2) is 6.29. The highest BCUT2D eigenvalue weighted by atomic mass is 32.2. The van der Waals surface area contributed by atoms with Crippen LogP contribution in [0.25, 0.3) is 0 Å². The molecule has 26 heavy (non-hydrogen) atoms. The minimum Gasteiger partial charge on any atom is -0.389 e. The number of imide groups is 1. The lowest BCUT2D eigenvalue weighted by Gasteiger charge is -2.32. The van der Waals surface area contributed by atoms with Gasteiger partial charge in [-0.1, -0.05) is 6.58 Å². The number of likely N-dealkylation sites (tertiary alicyclic amines) is 1. The average Bonchev–Trinajstić information content (AvgIpc) is 3.19. The Morgan fingerprint density at radius 2 is 2.27 bits per heavy atom. The minimum atomic E-state index is -0.915. The highest BCUT2D eigenvalue weighted by Gasteiger charge is 2.42. The van der Waals surface area contributed by atoms with E-state index < -0.39 is 24.2 Å². The third-order valence-electron chi connectivity index (χ3n) is 4.69. The van der Waals surface area contributed by atoms with Crippen LogP contribution in [-0.4, -0.2) is 63.9 Å². The van der Waals surface area contributed by atoms with Gasteiger partial charge in [0.25, 0.3) is 0 Å². The van der Waals surface area contributed by atoms with Gasteiger partial charge in [-0.25, -0.2) is 19.5 Å². The molecule has 3 aliphatic rings. The summed E-state index contributed by atoms with van der Waals surface area (Å²) in [6.07, 6.45) is 1.81. The van der Waals surface area contributed by atoms with Crippen molar-refractivity contribution in [3.05, 3.63) is 30.5 Å². The average molecular weight is 375 g/mol. The number of nitrogens with one attached hydrogen (secondary N) is 2. The molecule has 4 rings (SSSR count). The predicted octanol–water partition coefficient (Wildman–Crippen LogP) is 0.225. The Bertz CT molecular complexity index is 816. The van der Waals surface area contributed by atoms with Gasteiger partial charge in [-0.05, 0) is 12.1 Å². The number of thioether (sulfide) groups is 1. The van der Waals surface area contributed by atoms with Crippen molar-refractivity contribution in [3.8, 4) is 0 Å². The Morgan fingerprint density at radius 3 is 3.04 bits per heavy atom. The number of pyridine rings is 1. The van der Waals surface area contributed by atoms with Crippen LogP contribution in [0.3, 0.4) is 0 Å². The minimum absolute atomic E-state index is 0.103. The third kappa shape index (κ3) is 2.61. The summed E-state index contributed by atoms with van der Waals surface area (Å²) in [4.78, 5) is 43.6. The Hall–Kier alpha value is -2.59. The van der Waals surface area contributed by atoms with Crippen LogP contribution in [0.15, 0.2) is 29.9 Å². The second-order valence-electron chi connectivity index (χ2n) is 6.27. The zero-order chi connectivity index (χ0) is 18.4. The van der Waals surface area contributed by atoms with Crippen molar-refractivity contribution in [1.29, 1.82) is 0 Å². The van der Waals surface area contributed by atoms with Gasteiger partial charge in [0.1, 0.15) is 5.03 Å². The number of amides is 5. The quantitative estimate of drug-likeness (QED) is 0.638. The van der Waals surface area contributed by atoms with Crippen LogP contribution in [0.2, 0.25) is 0 Å². The van der Waals surface area contributed by atoms with Gasteiger partial charge in [0.15, 0.2) is 0 Å². The van der Waals surface area contributed by atoms with E-state index in [1.807, 2.05) is 0 Å². The number of β-amino-alcohol motifs (C(OH)–C–C–N with tert-alkyl or cyclic N) is 1. The Morgan fingerprint density at radius 1 is 1.46 bits per heavy atom. The molecule has 0 radical (unpaired) electrons. The highest BCUT2D eigenvalue weighted by Crippen LogP contribution is 2.44. The maximum absolute atomic E-state index is 12.7. The van der Waals surface area contributed by atoms with Crippen molar-refractivity contribution in [2.75, 3.05) is 23.7 Å². The molecule has 3 N–H and O–H groups in total. The number of aromatic nitrogens is 1. The van der Waals surface area contributed by atoms with Gasteiger partial charge in [-0.15, -0.1) is 11.8 Å². The Kier molecular flexibility index (Phi) is 4.08. The predicted molar refractivity (Wildman–Crippen MR) is 93.8 cm³/mol. The SMILES string of the molecule is C=CC(=O)N1C[C@H](NC(=O)N2C(=O)NC3CSc4nccc2c43)[C@@H](O)C1. The molecule has 3 aliphatic heterocycles. The number of anilines is 1. The first-order valence-corrected chi connectivity index (χ1v) is 9.10.